The van der Waals surface area contributed by atoms with Crippen LogP contribution in [0.2, 0.25) is 0 Å². The van der Waals surface area contributed by atoms with Gasteiger partial charge in [0.1, 0.15) is 22.3 Å². The highest BCUT2D eigenvalue weighted by Gasteiger charge is 2.46. The van der Waals surface area contributed by atoms with Crippen molar-refractivity contribution in [2.45, 2.75) is 5.41 Å². The molecule has 0 radical (unpaired) electrons. The van der Waals surface area contributed by atoms with E-state index in [1.165, 1.54) is 44.5 Å². The molecule has 0 spiro atoms. The van der Waals surface area contributed by atoms with Gasteiger partial charge in [-0.3, -0.25) is 0 Å². The van der Waals surface area contributed by atoms with Crippen LogP contribution in [0.1, 0.15) is 22.3 Å². The second kappa shape index (κ2) is 20.2. The Hall–Kier alpha value is -11.7. The fourth-order valence-electron chi connectivity index (χ4n) is 14.8. The molecular formula is C85H54N2O2. The van der Waals surface area contributed by atoms with Crippen LogP contribution >= 0.6 is 0 Å². The van der Waals surface area contributed by atoms with Crippen molar-refractivity contribution in [3.63, 3.8) is 0 Å². The molecule has 0 amide bonds. The molecule has 0 unspecified atom stereocenters. The Labute approximate surface area is 514 Å². The fourth-order valence-corrected chi connectivity index (χ4v) is 14.8. The van der Waals surface area contributed by atoms with Crippen molar-refractivity contribution in [1.29, 1.82) is 0 Å². The molecule has 3 heterocycles. The van der Waals surface area contributed by atoms with E-state index >= 15 is 0 Å². The average Bonchev–Trinajstić information content (AvgIpc) is 1.57. The Morgan fingerprint density at radius 1 is 0.270 bits per heavy atom. The Morgan fingerprint density at radius 2 is 0.787 bits per heavy atom. The molecule has 1 aliphatic carbocycles. The summed E-state index contributed by atoms with van der Waals surface area (Å²) < 4.78 is 15.6. The maximum absolute atomic E-state index is 6.66. The van der Waals surface area contributed by atoms with Crippen LogP contribution < -0.4 is 4.90 Å². The maximum atomic E-state index is 6.66. The van der Waals surface area contributed by atoms with Crippen LogP contribution in [0.25, 0.3) is 127 Å². The van der Waals surface area contributed by atoms with Crippen LogP contribution in [0, 0.1) is 0 Å². The molecule has 0 aliphatic heterocycles. The number of para-hydroxylation sites is 2. The first-order valence-corrected chi connectivity index (χ1v) is 30.5. The molecule has 0 N–H and O–H groups in total. The van der Waals surface area contributed by atoms with Gasteiger partial charge in [-0.05, 0) is 157 Å². The Kier molecular flexibility index (Phi) is 11.5. The highest BCUT2D eigenvalue weighted by atomic mass is 16.3. The normalized spacial score (nSPS) is 12.6. The van der Waals surface area contributed by atoms with Gasteiger partial charge in [0.05, 0.1) is 16.4 Å². The fraction of sp³-hybridized carbons (Fsp3) is 0.0118. The van der Waals surface area contributed by atoms with Crippen LogP contribution in [0.5, 0.6) is 0 Å². The number of hydrogen-bond acceptors (Lipinski definition) is 3. The summed E-state index contributed by atoms with van der Waals surface area (Å²) in [4.78, 5) is 2.40. The highest BCUT2D eigenvalue weighted by molar-refractivity contribution is 6.16. The van der Waals surface area contributed by atoms with E-state index in [1.807, 2.05) is 12.1 Å². The number of rotatable bonds is 10. The van der Waals surface area contributed by atoms with Gasteiger partial charge in [0, 0.05) is 61.1 Å². The molecule has 0 saturated heterocycles. The van der Waals surface area contributed by atoms with E-state index < -0.39 is 5.41 Å². The Bertz CT molecular complexity index is 5560. The summed E-state index contributed by atoms with van der Waals surface area (Å²) in [5.41, 5.74) is 26.1. The van der Waals surface area contributed by atoms with Gasteiger partial charge in [-0.25, -0.2) is 0 Å². The number of fused-ring (bicyclic) bond motifs is 12. The van der Waals surface area contributed by atoms with Crippen LogP contribution in [0.15, 0.2) is 336 Å². The SMILES string of the molecule is c1ccc(-c2ccc(N(c3ccc4c(c3)oc3ccccc34)c3ccc4c5cc(-c6cccc7oc8ccccc8c67)ccc5n(-c5ccc(-c6cccc7c6-c6ccccc6C7(c6ccccc6)c6ccccc6)cc5)c4c3)cc2-c2ccccc2)cc1. The summed E-state index contributed by atoms with van der Waals surface area (Å²) in [6, 6.07) is 119. The number of furan rings is 2. The van der Waals surface area contributed by atoms with Crippen LogP contribution in [-0.4, -0.2) is 4.57 Å². The van der Waals surface area contributed by atoms with Crippen LogP contribution in [0.4, 0.5) is 17.1 Å². The third-order valence-electron chi connectivity index (χ3n) is 18.7. The lowest BCUT2D eigenvalue weighted by Crippen LogP contribution is -2.28. The third kappa shape index (κ3) is 7.87. The monoisotopic (exact) mass is 1130 g/mol. The summed E-state index contributed by atoms with van der Waals surface area (Å²) in [7, 11) is 0. The van der Waals surface area contributed by atoms with E-state index in [9.17, 15) is 0 Å². The van der Waals surface area contributed by atoms with E-state index in [-0.39, 0.29) is 0 Å². The molecule has 4 nitrogen and oxygen atoms in total. The smallest absolute Gasteiger partial charge is 0.137 e. The van der Waals surface area contributed by atoms with Gasteiger partial charge in [0.2, 0.25) is 0 Å². The van der Waals surface area contributed by atoms with Gasteiger partial charge >= 0.3 is 0 Å². The van der Waals surface area contributed by atoms with Crippen LogP contribution in [0.3, 0.4) is 0 Å². The van der Waals surface area contributed by atoms with Crippen molar-refractivity contribution in [2.24, 2.45) is 0 Å². The van der Waals surface area contributed by atoms with E-state index in [0.29, 0.717) is 0 Å². The molecule has 0 saturated carbocycles. The van der Waals surface area contributed by atoms with E-state index in [4.69, 9.17) is 8.83 Å². The predicted molar refractivity (Wildman–Crippen MR) is 369 cm³/mol. The van der Waals surface area contributed by atoms with E-state index in [1.54, 1.807) is 0 Å². The third-order valence-corrected chi connectivity index (χ3v) is 18.7. The molecule has 0 fully saturated rings. The van der Waals surface area contributed by atoms with Crippen molar-refractivity contribution in [2.75, 3.05) is 4.90 Å². The van der Waals surface area contributed by atoms with Gasteiger partial charge in [0.25, 0.3) is 0 Å². The largest absolute Gasteiger partial charge is 0.456 e. The van der Waals surface area contributed by atoms with Crippen molar-refractivity contribution in [3.8, 4) is 61.3 Å². The quantitative estimate of drug-likeness (QED) is 0.137. The molecule has 89 heavy (non-hydrogen) atoms. The summed E-state index contributed by atoms with van der Waals surface area (Å²) in [5, 5.41) is 6.71. The molecule has 14 aromatic carbocycles. The number of anilines is 3. The van der Waals surface area contributed by atoms with Gasteiger partial charge in [-0.1, -0.05) is 243 Å². The second-order valence-electron chi connectivity index (χ2n) is 23.4. The molecular weight excluding hydrogens is 1080 g/mol. The van der Waals surface area contributed by atoms with Gasteiger partial charge in [-0.15, -0.1) is 0 Å². The van der Waals surface area contributed by atoms with Crippen molar-refractivity contribution >= 4 is 82.7 Å². The van der Waals surface area contributed by atoms with Crippen molar-refractivity contribution in [3.05, 3.63) is 350 Å². The number of hydrogen-bond donors (Lipinski definition) is 0. The van der Waals surface area contributed by atoms with E-state index in [0.717, 1.165) is 122 Å². The summed E-state index contributed by atoms with van der Waals surface area (Å²) in [6.45, 7) is 0. The lowest BCUT2D eigenvalue weighted by molar-refractivity contribution is 0.668. The first-order chi connectivity index (χ1) is 44.1. The zero-order valence-corrected chi connectivity index (χ0v) is 48.4. The minimum Gasteiger partial charge on any atom is -0.456 e. The standard InChI is InChI=1S/C85H54N2O2/c1-5-21-55(22-6-1)65-47-44-62(52-73(65)56-23-7-2-8-24-56)86(64-46-49-70-69-29-14-17-36-79(69)89-82(70)54-64)63-45-48-68-74-51-58(67-33-20-38-81-84(67)72-31-15-18-37-80(72)88-81)41-50-77(74)87(78(68)53-63)61-42-39-57(40-43-61)66-32-19-35-76-83(66)71-30-13-16-34-75(71)85(76,59-25-9-3-10-26-59)60-27-11-4-12-28-60/h1-54H. The lowest BCUT2D eigenvalue weighted by atomic mass is 9.67. The minimum atomic E-state index is -0.501. The minimum absolute atomic E-state index is 0.501. The molecule has 416 valence electrons. The van der Waals surface area contributed by atoms with Gasteiger partial charge in [0.15, 0.2) is 0 Å². The molecule has 17 aromatic rings. The predicted octanol–water partition coefficient (Wildman–Crippen LogP) is 23.1. The summed E-state index contributed by atoms with van der Waals surface area (Å²) >= 11 is 0. The number of aromatic nitrogens is 1. The molecule has 0 atom stereocenters. The summed E-state index contributed by atoms with van der Waals surface area (Å²) in [6.07, 6.45) is 0. The lowest BCUT2D eigenvalue weighted by Gasteiger charge is -2.34. The van der Waals surface area contributed by atoms with Gasteiger partial charge in [-0.2, -0.15) is 0 Å². The topological polar surface area (TPSA) is 34.5 Å². The van der Waals surface area contributed by atoms with Gasteiger partial charge < -0.3 is 18.3 Å². The van der Waals surface area contributed by atoms with Crippen molar-refractivity contribution in [1.82, 2.24) is 4.57 Å². The number of nitrogens with zero attached hydrogens (tertiary/aromatic N) is 2. The molecule has 0 bridgehead atoms. The van der Waals surface area contributed by atoms with Crippen LogP contribution in [-0.2, 0) is 5.41 Å². The maximum Gasteiger partial charge on any atom is 0.137 e. The molecule has 4 heteroatoms. The number of benzene rings is 14. The van der Waals surface area contributed by atoms with Crippen molar-refractivity contribution < 1.29 is 8.83 Å². The zero-order valence-electron chi connectivity index (χ0n) is 48.4. The molecule has 3 aromatic heterocycles. The summed E-state index contributed by atoms with van der Waals surface area (Å²) in [5.74, 6) is 0. The first kappa shape index (κ1) is 50.6. The Morgan fingerprint density at radius 3 is 1.54 bits per heavy atom. The second-order valence-corrected chi connectivity index (χ2v) is 23.4. The molecule has 18 rings (SSSR count). The highest BCUT2D eigenvalue weighted by Crippen LogP contribution is 2.58. The first-order valence-electron chi connectivity index (χ1n) is 30.5. The van der Waals surface area contributed by atoms with E-state index in [2.05, 4.69) is 325 Å². The zero-order chi connectivity index (χ0) is 58.6. The average molecular weight is 1140 g/mol. The Balaban J connectivity index is 0.853. The molecule has 1 aliphatic rings.